The molecule has 102 valence electrons. The lowest BCUT2D eigenvalue weighted by atomic mass is 10.2. The van der Waals surface area contributed by atoms with E-state index in [1.165, 1.54) is 6.07 Å². The van der Waals surface area contributed by atoms with Gasteiger partial charge in [-0.15, -0.1) is 0 Å². The number of rotatable bonds is 2. The monoisotopic (exact) mass is 279 g/mol. The first kappa shape index (κ1) is 11.7. The van der Waals surface area contributed by atoms with E-state index in [4.69, 9.17) is 8.83 Å². The molecule has 0 atom stereocenters. The van der Waals surface area contributed by atoms with Gasteiger partial charge in [-0.05, 0) is 18.2 Å². The molecular weight excluding hydrogens is 270 g/mol. The summed E-state index contributed by atoms with van der Waals surface area (Å²) in [5.74, 6) is -0.691. The quantitative estimate of drug-likeness (QED) is 0.601. The van der Waals surface area contributed by atoms with Gasteiger partial charge in [0.15, 0.2) is 5.58 Å². The number of furan rings is 1. The van der Waals surface area contributed by atoms with Crippen LogP contribution in [0.5, 0.6) is 0 Å². The Labute approximate surface area is 118 Å². The molecule has 2 aromatic heterocycles. The van der Waals surface area contributed by atoms with Crippen LogP contribution in [0.4, 0.5) is 0 Å². The van der Waals surface area contributed by atoms with E-state index in [0.717, 1.165) is 11.0 Å². The molecule has 0 amide bonds. The largest absolute Gasteiger partial charge is 0.478 e. The van der Waals surface area contributed by atoms with Crippen LogP contribution in [0.3, 0.4) is 0 Å². The van der Waals surface area contributed by atoms with Gasteiger partial charge in [-0.25, -0.2) is 9.78 Å². The Morgan fingerprint density at radius 3 is 2.81 bits per heavy atom. The number of nitrogens with zero attached hydrogens (tertiary/aromatic N) is 1. The Morgan fingerprint density at radius 1 is 1.10 bits per heavy atom. The topological polar surface area (TPSA) is 76.5 Å². The molecule has 0 aliphatic carbocycles. The zero-order valence-corrected chi connectivity index (χ0v) is 10.7. The first-order valence-electron chi connectivity index (χ1n) is 6.33. The average Bonchev–Trinajstić information content (AvgIpc) is 3.09. The fourth-order valence-corrected chi connectivity index (χ4v) is 2.38. The van der Waals surface area contributed by atoms with E-state index in [1.54, 1.807) is 18.4 Å². The van der Waals surface area contributed by atoms with E-state index in [1.807, 2.05) is 24.3 Å². The van der Waals surface area contributed by atoms with E-state index in [9.17, 15) is 9.90 Å². The second kappa shape index (κ2) is 4.21. The molecule has 4 rings (SSSR count). The lowest BCUT2D eigenvalue weighted by Crippen LogP contribution is -1.95. The van der Waals surface area contributed by atoms with Crippen LogP contribution in [-0.2, 0) is 0 Å². The van der Waals surface area contributed by atoms with Gasteiger partial charge in [0.05, 0.1) is 5.56 Å². The van der Waals surface area contributed by atoms with Gasteiger partial charge in [-0.2, -0.15) is 0 Å². The average molecular weight is 279 g/mol. The third-order valence-electron chi connectivity index (χ3n) is 3.36. The molecule has 0 saturated heterocycles. The van der Waals surface area contributed by atoms with Crippen molar-refractivity contribution in [2.24, 2.45) is 0 Å². The van der Waals surface area contributed by atoms with Crippen LogP contribution in [0, 0.1) is 0 Å². The number of aromatic carboxylic acids is 1. The van der Waals surface area contributed by atoms with Crippen LogP contribution < -0.4 is 0 Å². The third kappa shape index (κ3) is 1.71. The van der Waals surface area contributed by atoms with Crippen molar-refractivity contribution in [1.82, 2.24) is 4.98 Å². The molecule has 1 N–H and O–H groups in total. The molecule has 21 heavy (non-hydrogen) atoms. The second-order valence-electron chi connectivity index (χ2n) is 4.62. The molecule has 2 heterocycles. The summed E-state index contributed by atoms with van der Waals surface area (Å²) >= 11 is 0. The summed E-state index contributed by atoms with van der Waals surface area (Å²) in [6.45, 7) is 0. The number of para-hydroxylation sites is 2. The van der Waals surface area contributed by atoms with Crippen LogP contribution in [0.25, 0.3) is 33.5 Å². The Hall–Kier alpha value is -3.08. The molecule has 0 saturated carbocycles. The molecule has 0 radical (unpaired) electrons. The van der Waals surface area contributed by atoms with Crippen molar-refractivity contribution in [3.05, 3.63) is 54.3 Å². The SMILES string of the molecule is O=C(O)c1cccc2nc(-c3coc4ccccc34)oc12. The van der Waals surface area contributed by atoms with E-state index in [0.29, 0.717) is 17.0 Å². The maximum Gasteiger partial charge on any atom is 0.339 e. The summed E-state index contributed by atoms with van der Waals surface area (Å²) in [7, 11) is 0. The van der Waals surface area contributed by atoms with Crippen molar-refractivity contribution in [1.29, 1.82) is 0 Å². The zero-order chi connectivity index (χ0) is 14.4. The lowest BCUT2D eigenvalue weighted by Gasteiger charge is -1.93. The molecule has 2 aromatic carbocycles. The predicted octanol–water partition coefficient (Wildman–Crippen LogP) is 3.94. The molecule has 5 heteroatoms. The van der Waals surface area contributed by atoms with Gasteiger partial charge >= 0.3 is 5.97 Å². The van der Waals surface area contributed by atoms with Crippen molar-refractivity contribution in [3.8, 4) is 11.5 Å². The van der Waals surface area contributed by atoms with Crippen LogP contribution >= 0.6 is 0 Å². The van der Waals surface area contributed by atoms with E-state index in [-0.39, 0.29) is 11.1 Å². The molecule has 5 nitrogen and oxygen atoms in total. The summed E-state index contributed by atoms with van der Waals surface area (Å²) in [5, 5.41) is 10.1. The summed E-state index contributed by atoms with van der Waals surface area (Å²) in [4.78, 5) is 15.6. The molecular formula is C16H9NO4. The summed E-state index contributed by atoms with van der Waals surface area (Å²) < 4.78 is 11.1. The number of fused-ring (bicyclic) bond motifs is 2. The highest BCUT2D eigenvalue weighted by molar-refractivity contribution is 6.01. The van der Waals surface area contributed by atoms with Gasteiger partial charge in [-0.1, -0.05) is 24.3 Å². The van der Waals surface area contributed by atoms with E-state index >= 15 is 0 Å². The van der Waals surface area contributed by atoms with Crippen LogP contribution in [0.15, 0.2) is 57.6 Å². The number of oxazole rings is 1. The fraction of sp³-hybridized carbons (Fsp3) is 0. The van der Waals surface area contributed by atoms with Gasteiger partial charge in [0.2, 0.25) is 5.89 Å². The number of hydrogen-bond donors (Lipinski definition) is 1. The number of carboxylic acids is 1. The van der Waals surface area contributed by atoms with Gasteiger partial charge in [-0.3, -0.25) is 0 Å². The van der Waals surface area contributed by atoms with E-state index < -0.39 is 5.97 Å². The lowest BCUT2D eigenvalue weighted by molar-refractivity contribution is 0.0698. The maximum absolute atomic E-state index is 11.2. The summed E-state index contributed by atoms with van der Waals surface area (Å²) in [6, 6.07) is 12.4. The van der Waals surface area contributed by atoms with Crippen LogP contribution in [0.1, 0.15) is 10.4 Å². The Kier molecular flexibility index (Phi) is 2.35. The van der Waals surface area contributed by atoms with E-state index in [2.05, 4.69) is 4.98 Å². The zero-order valence-electron chi connectivity index (χ0n) is 10.7. The Balaban J connectivity index is 1.99. The van der Waals surface area contributed by atoms with Crippen LogP contribution in [-0.4, -0.2) is 16.1 Å². The maximum atomic E-state index is 11.2. The molecule has 0 spiro atoms. The first-order chi connectivity index (χ1) is 10.2. The molecule has 0 fully saturated rings. The van der Waals surface area contributed by atoms with Crippen molar-refractivity contribution >= 4 is 28.0 Å². The highest BCUT2D eigenvalue weighted by Crippen LogP contribution is 2.32. The van der Waals surface area contributed by atoms with Gasteiger partial charge in [0.25, 0.3) is 0 Å². The summed E-state index contributed by atoms with van der Waals surface area (Å²) in [5.41, 5.74) is 2.31. The normalized spacial score (nSPS) is 11.2. The fourth-order valence-electron chi connectivity index (χ4n) is 2.38. The van der Waals surface area contributed by atoms with Gasteiger partial charge in [0, 0.05) is 5.39 Å². The molecule has 0 aliphatic heterocycles. The number of benzene rings is 2. The minimum atomic E-state index is -1.04. The highest BCUT2D eigenvalue weighted by Gasteiger charge is 2.18. The smallest absolute Gasteiger partial charge is 0.339 e. The summed E-state index contributed by atoms with van der Waals surface area (Å²) in [6.07, 6.45) is 1.57. The van der Waals surface area contributed by atoms with Crippen molar-refractivity contribution in [2.75, 3.05) is 0 Å². The standard InChI is InChI=1S/C16H9NO4/c18-16(19)10-5-3-6-12-14(10)21-15(17-12)11-8-20-13-7-2-1-4-9(11)13/h1-8H,(H,18,19). The van der Waals surface area contributed by atoms with Crippen molar-refractivity contribution in [3.63, 3.8) is 0 Å². The minimum Gasteiger partial charge on any atom is -0.478 e. The van der Waals surface area contributed by atoms with Crippen molar-refractivity contribution in [2.45, 2.75) is 0 Å². The van der Waals surface area contributed by atoms with Gasteiger partial charge in [0.1, 0.15) is 22.9 Å². The third-order valence-corrected chi connectivity index (χ3v) is 3.36. The molecule has 0 aliphatic rings. The first-order valence-corrected chi connectivity index (χ1v) is 6.33. The Bertz CT molecular complexity index is 980. The molecule has 4 aromatic rings. The highest BCUT2D eigenvalue weighted by atomic mass is 16.4. The predicted molar refractivity (Wildman–Crippen MR) is 76.2 cm³/mol. The minimum absolute atomic E-state index is 0.0963. The molecule has 0 unspecified atom stereocenters. The van der Waals surface area contributed by atoms with Gasteiger partial charge < -0.3 is 13.9 Å². The Morgan fingerprint density at radius 2 is 1.95 bits per heavy atom. The van der Waals surface area contributed by atoms with Crippen LogP contribution in [0.2, 0.25) is 0 Å². The molecule has 0 bridgehead atoms. The number of hydrogen-bond acceptors (Lipinski definition) is 4. The number of carboxylic acid groups (broad SMARTS) is 1. The number of aromatic nitrogens is 1. The van der Waals surface area contributed by atoms with Crippen molar-refractivity contribution < 1.29 is 18.7 Å². The second-order valence-corrected chi connectivity index (χ2v) is 4.62. The number of carbonyl (C=O) groups is 1.